The summed E-state index contributed by atoms with van der Waals surface area (Å²) in [5.74, 6) is 0.0748. The molecule has 0 saturated carbocycles. The molecule has 4 heteroatoms. The van der Waals surface area contributed by atoms with Crippen molar-refractivity contribution < 1.29 is 9.59 Å². The topological polar surface area (TPSA) is 49.4 Å². The number of carbonyl (C=O) groups excluding carboxylic acids is 2. The van der Waals surface area contributed by atoms with Gasteiger partial charge in [0.25, 0.3) is 0 Å². The Bertz CT molecular complexity index is 307. The Morgan fingerprint density at radius 3 is 2.56 bits per heavy atom. The van der Waals surface area contributed by atoms with E-state index < -0.39 is 0 Å². The maximum Gasteiger partial charge on any atom is 0.245 e. The van der Waals surface area contributed by atoms with E-state index in [0.717, 1.165) is 19.4 Å². The summed E-state index contributed by atoms with van der Waals surface area (Å²) >= 11 is 0. The van der Waals surface area contributed by atoms with Crippen molar-refractivity contribution in [2.45, 2.75) is 59.4 Å². The first kappa shape index (κ1) is 15.0. The quantitative estimate of drug-likeness (QED) is 0.833. The van der Waals surface area contributed by atoms with Crippen molar-refractivity contribution in [3.63, 3.8) is 0 Å². The van der Waals surface area contributed by atoms with Gasteiger partial charge in [0.15, 0.2) is 0 Å². The molecule has 1 fully saturated rings. The van der Waals surface area contributed by atoms with Gasteiger partial charge in [-0.05, 0) is 24.7 Å². The molecule has 0 aromatic heterocycles. The second-order valence-electron chi connectivity index (χ2n) is 6.27. The molecule has 1 saturated heterocycles. The summed E-state index contributed by atoms with van der Waals surface area (Å²) in [6.07, 6.45) is 3.19. The van der Waals surface area contributed by atoms with Gasteiger partial charge in [0.1, 0.15) is 6.04 Å². The van der Waals surface area contributed by atoms with Gasteiger partial charge in [-0.3, -0.25) is 9.59 Å². The lowest BCUT2D eigenvalue weighted by Gasteiger charge is -2.25. The zero-order chi connectivity index (χ0) is 13.8. The zero-order valence-electron chi connectivity index (χ0n) is 12.1. The first-order valence-electron chi connectivity index (χ1n) is 6.91. The lowest BCUT2D eigenvalue weighted by molar-refractivity contribution is -0.133. The molecule has 0 radical (unpaired) electrons. The second-order valence-corrected chi connectivity index (χ2v) is 6.27. The van der Waals surface area contributed by atoms with Crippen LogP contribution in [0.25, 0.3) is 0 Å². The van der Waals surface area contributed by atoms with Crippen LogP contribution in [-0.2, 0) is 9.59 Å². The van der Waals surface area contributed by atoms with Crippen LogP contribution in [0.1, 0.15) is 53.4 Å². The van der Waals surface area contributed by atoms with Crippen molar-refractivity contribution in [2.75, 3.05) is 13.1 Å². The van der Waals surface area contributed by atoms with Crippen LogP contribution in [0.5, 0.6) is 0 Å². The van der Waals surface area contributed by atoms with E-state index in [1.54, 1.807) is 0 Å². The monoisotopic (exact) mass is 254 g/mol. The molecule has 1 atom stereocenters. The molecular weight excluding hydrogens is 228 g/mol. The number of nitrogens with zero attached hydrogens (tertiary/aromatic N) is 1. The molecule has 1 unspecified atom stereocenters. The van der Waals surface area contributed by atoms with Crippen LogP contribution in [0, 0.1) is 5.41 Å². The van der Waals surface area contributed by atoms with Gasteiger partial charge < -0.3 is 10.2 Å². The molecule has 0 aliphatic carbocycles. The summed E-state index contributed by atoms with van der Waals surface area (Å²) in [5, 5.41) is 2.78. The largest absolute Gasteiger partial charge is 0.344 e. The number of nitrogens with one attached hydrogen (secondary N) is 1. The van der Waals surface area contributed by atoms with E-state index >= 15 is 0 Å². The Kier molecular flexibility index (Phi) is 5.17. The molecule has 1 heterocycles. The number of rotatable bonds is 4. The van der Waals surface area contributed by atoms with Gasteiger partial charge in [-0.15, -0.1) is 0 Å². The van der Waals surface area contributed by atoms with Crippen LogP contribution in [0.4, 0.5) is 0 Å². The fraction of sp³-hybridized carbons (Fsp3) is 0.857. The SMILES string of the molecule is CCC1NC(=O)CCN(CCCC(C)(C)C)C1=O. The third-order valence-corrected chi connectivity index (χ3v) is 3.32. The number of carbonyl (C=O) groups is 2. The van der Waals surface area contributed by atoms with Gasteiger partial charge >= 0.3 is 0 Å². The molecule has 104 valence electrons. The highest BCUT2D eigenvalue weighted by atomic mass is 16.2. The predicted molar refractivity (Wildman–Crippen MR) is 72.1 cm³/mol. The fourth-order valence-electron chi connectivity index (χ4n) is 2.19. The number of amides is 2. The molecule has 1 rings (SSSR count). The molecule has 0 bridgehead atoms. The lowest BCUT2D eigenvalue weighted by atomic mass is 9.90. The van der Waals surface area contributed by atoms with Crippen LogP contribution in [0.15, 0.2) is 0 Å². The van der Waals surface area contributed by atoms with Crippen molar-refractivity contribution in [1.29, 1.82) is 0 Å². The van der Waals surface area contributed by atoms with Crippen molar-refractivity contribution in [3.05, 3.63) is 0 Å². The standard InChI is InChI=1S/C14H26N2O2/c1-5-11-13(18)16(10-7-12(17)15-11)9-6-8-14(2,3)4/h11H,5-10H2,1-4H3,(H,15,17). The summed E-state index contributed by atoms with van der Waals surface area (Å²) in [7, 11) is 0. The van der Waals surface area contributed by atoms with Crippen molar-refractivity contribution in [1.82, 2.24) is 10.2 Å². The van der Waals surface area contributed by atoms with Gasteiger partial charge in [-0.2, -0.15) is 0 Å². The van der Waals surface area contributed by atoms with Gasteiger partial charge in [0.2, 0.25) is 11.8 Å². The van der Waals surface area contributed by atoms with Crippen molar-refractivity contribution in [3.8, 4) is 0 Å². The summed E-state index contributed by atoms with van der Waals surface area (Å²) in [6, 6.07) is -0.324. The molecule has 18 heavy (non-hydrogen) atoms. The maximum absolute atomic E-state index is 12.2. The van der Waals surface area contributed by atoms with E-state index in [1.807, 2.05) is 11.8 Å². The van der Waals surface area contributed by atoms with Gasteiger partial charge in [0.05, 0.1) is 0 Å². The van der Waals surface area contributed by atoms with Crippen LogP contribution in [0.3, 0.4) is 0 Å². The molecule has 0 aromatic rings. The lowest BCUT2D eigenvalue weighted by Crippen LogP contribution is -2.44. The molecule has 0 spiro atoms. The first-order valence-corrected chi connectivity index (χ1v) is 6.91. The molecule has 1 aliphatic heterocycles. The molecule has 4 nitrogen and oxygen atoms in total. The second kappa shape index (κ2) is 6.21. The first-order chi connectivity index (χ1) is 8.33. The van der Waals surface area contributed by atoms with Crippen molar-refractivity contribution in [2.24, 2.45) is 5.41 Å². The van der Waals surface area contributed by atoms with E-state index in [2.05, 4.69) is 26.1 Å². The van der Waals surface area contributed by atoms with Gasteiger partial charge in [-0.1, -0.05) is 27.7 Å². The zero-order valence-corrected chi connectivity index (χ0v) is 12.1. The predicted octanol–water partition coefficient (Wildman–Crippen LogP) is 1.94. The third-order valence-electron chi connectivity index (χ3n) is 3.32. The highest BCUT2D eigenvalue weighted by Gasteiger charge is 2.28. The minimum atomic E-state index is -0.324. The Morgan fingerprint density at radius 1 is 1.33 bits per heavy atom. The van der Waals surface area contributed by atoms with E-state index in [9.17, 15) is 9.59 Å². The Hall–Kier alpha value is -1.06. The molecule has 0 aromatic carbocycles. The average molecular weight is 254 g/mol. The van der Waals surface area contributed by atoms with Gasteiger partial charge in [-0.25, -0.2) is 0 Å². The highest BCUT2D eigenvalue weighted by molar-refractivity contribution is 5.89. The third kappa shape index (κ3) is 4.67. The summed E-state index contributed by atoms with van der Waals surface area (Å²) in [6.45, 7) is 9.87. The normalized spacial score (nSPS) is 21.8. The summed E-state index contributed by atoms with van der Waals surface area (Å²) in [4.78, 5) is 25.5. The molecular formula is C14H26N2O2. The minimum absolute atomic E-state index is 0.00600. The maximum atomic E-state index is 12.2. The molecule has 1 aliphatic rings. The van der Waals surface area contributed by atoms with Gasteiger partial charge in [0, 0.05) is 19.5 Å². The molecule has 2 amide bonds. The smallest absolute Gasteiger partial charge is 0.245 e. The molecule has 1 N–H and O–H groups in total. The van der Waals surface area contributed by atoms with Crippen molar-refractivity contribution >= 4 is 11.8 Å². The minimum Gasteiger partial charge on any atom is -0.344 e. The van der Waals surface area contributed by atoms with E-state index in [0.29, 0.717) is 24.8 Å². The summed E-state index contributed by atoms with van der Waals surface area (Å²) < 4.78 is 0. The van der Waals surface area contributed by atoms with Crippen LogP contribution in [-0.4, -0.2) is 35.8 Å². The Labute approximate surface area is 110 Å². The fourth-order valence-corrected chi connectivity index (χ4v) is 2.19. The van der Waals surface area contributed by atoms with E-state index in [4.69, 9.17) is 0 Å². The Morgan fingerprint density at radius 2 is 2.00 bits per heavy atom. The number of hydrogen-bond donors (Lipinski definition) is 1. The number of hydrogen-bond acceptors (Lipinski definition) is 2. The average Bonchev–Trinajstić information content (AvgIpc) is 2.39. The Balaban J connectivity index is 2.52. The van der Waals surface area contributed by atoms with Crippen LogP contribution >= 0.6 is 0 Å². The van der Waals surface area contributed by atoms with E-state index in [1.165, 1.54) is 0 Å². The highest BCUT2D eigenvalue weighted by Crippen LogP contribution is 2.21. The summed E-state index contributed by atoms with van der Waals surface area (Å²) in [5.41, 5.74) is 0.299. The van der Waals surface area contributed by atoms with Crippen LogP contribution < -0.4 is 5.32 Å². The van der Waals surface area contributed by atoms with E-state index in [-0.39, 0.29) is 17.9 Å². The van der Waals surface area contributed by atoms with Crippen LogP contribution in [0.2, 0.25) is 0 Å².